The minimum atomic E-state index is -0.929. The highest BCUT2D eigenvalue weighted by atomic mass is 16.4. The van der Waals surface area contributed by atoms with Gasteiger partial charge in [0, 0.05) is 0 Å². The lowest BCUT2D eigenvalue weighted by Gasteiger charge is -2.42. The summed E-state index contributed by atoms with van der Waals surface area (Å²) in [5.41, 5.74) is 0. The Kier molecular flexibility index (Phi) is 22.1. The normalized spacial score (nSPS) is 15.4. The first-order chi connectivity index (χ1) is 18.5. The van der Waals surface area contributed by atoms with E-state index in [-0.39, 0.29) is 24.1 Å². The summed E-state index contributed by atoms with van der Waals surface area (Å²) in [6.45, 7) is 8.52. The zero-order valence-corrected chi connectivity index (χ0v) is 25.8. The summed E-state index contributed by atoms with van der Waals surface area (Å²) < 4.78 is 0.229. The summed E-state index contributed by atoms with van der Waals surface area (Å²) >= 11 is 0. The van der Waals surface area contributed by atoms with Crippen molar-refractivity contribution in [1.29, 1.82) is 0 Å². The number of carboxylic acid groups (broad SMARTS) is 3. The maximum absolute atomic E-state index is 11.6. The highest BCUT2D eigenvalue weighted by molar-refractivity contribution is 5.70. The molecule has 7 nitrogen and oxygen atoms in total. The van der Waals surface area contributed by atoms with Crippen molar-refractivity contribution in [1.82, 2.24) is 0 Å². The number of rotatable bonds is 28. The van der Waals surface area contributed by atoms with E-state index in [0.29, 0.717) is 6.54 Å². The average Bonchev–Trinajstić information content (AvgIpc) is 2.87. The summed E-state index contributed by atoms with van der Waals surface area (Å²) in [7, 11) is 0. The van der Waals surface area contributed by atoms with Crippen molar-refractivity contribution in [2.45, 2.75) is 143 Å². The highest BCUT2D eigenvalue weighted by Crippen LogP contribution is 2.22. The lowest BCUT2D eigenvalue weighted by molar-refractivity contribution is -0.934. The number of carbonyl (C=O) groups is 3. The monoisotopic (exact) mass is 556 g/mol. The molecule has 3 unspecified atom stereocenters. The van der Waals surface area contributed by atoms with E-state index in [4.69, 9.17) is 0 Å². The van der Waals surface area contributed by atoms with Crippen molar-refractivity contribution in [2.24, 2.45) is 17.8 Å². The minimum absolute atomic E-state index is 0.229. The standard InChI is InChI=1S/C32H61NO6/c1-5-6-7-8-9-10-11-12-13-14-15-16-17-18-19-20-21-22-23-33(24-27(2)30(34)35,25-28(3)31(36)37)26-29(4)32(38)39/h27-29H,5-26H2,1-4H3,(H2-,34,35,36,37,38,39)/p+1. The first kappa shape index (κ1) is 37.4. The molecule has 230 valence electrons. The number of carboxylic acids is 3. The van der Waals surface area contributed by atoms with Gasteiger partial charge in [0.1, 0.15) is 17.8 Å². The van der Waals surface area contributed by atoms with Crippen molar-refractivity contribution in [3.05, 3.63) is 0 Å². The first-order valence-electron chi connectivity index (χ1n) is 16.1. The molecule has 7 heteroatoms. The van der Waals surface area contributed by atoms with Crippen LogP contribution >= 0.6 is 0 Å². The summed E-state index contributed by atoms with van der Waals surface area (Å²) in [5, 5.41) is 28.6. The van der Waals surface area contributed by atoms with E-state index in [2.05, 4.69) is 6.92 Å². The van der Waals surface area contributed by atoms with Crippen LogP contribution in [0.3, 0.4) is 0 Å². The molecule has 0 aliphatic carbocycles. The molecule has 0 bridgehead atoms. The molecule has 3 N–H and O–H groups in total. The van der Waals surface area contributed by atoms with Gasteiger partial charge in [-0.1, -0.05) is 110 Å². The van der Waals surface area contributed by atoms with Crippen LogP contribution in [-0.4, -0.2) is 63.9 Å². The molecular formula is C32H62NO6+. The predicted octanol–water partition coefficient (Wildman–Crippen LogP) is 8.01. The van der Waals surface area contributed by atoms with Crippen LogP contribution in [0.25, 0.3) is 0 Å². The Balaban J connectivity index is 4.31. The van der Waals surface area contributed by atoms with Crippen molar-refractivity contribution < 1.29 is 34.2 Å². The Morgan fingerprint density at radius 1 is 0.462 bits per heavy atom. The average molecular weight is 557 g/mol. The number of hydrogen-bond donors (Lipinski definition) is 3. The van der Waals surface area contributed by atoms with Gasteiger partial charge in [-0.05, 0) is 33.6 Å². The number of quaternary nitrogens is 1. The Bertz CT molecular complexity index is 598. The van der Waals surface area contributed by atoms with Crippen molar-refractivity contribution >= 4 is 17.9 Å². The van der Waals surface area contributed by atoms with Crippen LogP contribution < -0.4 is 0 Å². The molecule has 0 fully saturated rings. The van der Waals surface area contributed by atoms with Crippen LogP contribution in [0.4, 0.5) is 0 Å². The molecule has 3 atom stereocenters. The third-order valence-corrected chi connectivity index (χ3v) is 8.23. The molecule has 0 aromatic carbocycles. The van der Waals surface area contributed by atoms with Gasteiger partial charge in [-0.15, -0.1) is 0 Å². The van der Waals surface area contributed by atoms with Gasteiger partial charge >= 0.3 is 17.9 Å². The van der Waals surface area contributed by atoms with Gasteiger partial charge < -0.3 is 19.8 Å². The molecule has 0 amide bonds. The second-order valence-corrected chi connectivity index (χ2v) is 12.3. The van der Waals surface area contributed by atoms with E-state index in [1.165, 1.54) is 96.3 Å². The zero-order chi connectivity index (χ0) is 29.5. The van der Waals surface area contributed by atoms with Gasteiger partial charge in [-0.2, -0.15) is 0 Å². The van der Waals surface area contributed by atoms with Crippen LogP contribution in [-0.2, 0) is 14.4 Å². The van der Waals surface area contributed by atoms with Gasteiger partial charge in [-0.25, -0.2) is 0 Å². The summed E-state index contributed by atoms with van der Waals surface area (Å²) in [6, 6.07) is 0. The molecule has 0 heterocycles. The van der Waals surface area contributed by atoms with Crippen LogP contribution in [0.5, 0.6) is 0 Å². The fraction of sp³-hybridized carbons (Fsp3) is 0.906. The molecule has 0 saturated carbocycles. The van der Waals surface area contributed by atoms with E-state index in [0.717, 1.165) is 19.3 Å². The third kappa shape index (κ3) is 20.0. The Morgan fingerprint density at radius 2 is 0.692 bits per heavy atom. The molecule has 0 aliphatic rings. The Hall–Kier alpha value is -1.63. The lowest BCUT2D eigenvalue weighted by atomic mass is 10.00. The maximum atomic E-state index is 11.6. The van der Waals surface area contributed by atoms with Crippen LogP contribution in [0.15, 0.2) is 0 Å². The number of hydrogen-bond acceptors (Lipinski definition) is 3. The van der Waals surface area contributed by atoms with E-state index >= 15 is 0 Å². The van der Waals surface area contributed by atoms with E-state index in [1.807, 2.05) is 0 Å². The van der Waals surface area contributed by atoms with Crippen molar-refractivity contribution in [3.8, 4) is 0 Å². The predicted molar refractivity (Wildman–Crippen MR) is 159 cm³/mol. The number of aliphatic carboxylic acids is 3. The molecule has 0 aromatic rings. The fourth-order valence-electron chi connectivity index (χ4n) is 5.82. The SMILES string of the molecule is CCCCCCCCCCCCCCCCCCCC[N+](CC(C)C(=O)O)(CC(C)C(=O)O)CC(C)C(=O)O. The Labute approximate surface area is 239 Å². The highest BCUT2D eigenvalue weighted by Gasteiger charge is 2.38. The number of unbranched alkanes of at least 4 members (excludes halogenated alkanes) is 17. The van der Waals surface area contributed by atoms with E-state index < -0.39 is 35.7 Å². The Morgan fingerprint density at radius 3 is 0.923 bits per heavy atom. The smallest absolute Gasteiger partial charge is 0.311 e. The van der Waals surface area contributed by atoms with E-state index in [9.17, 15) is 29.7 Å². The van der Waals surface area contributed by atoms with Gasteiger partial charge in [0.2, 0.25) is 0 Å². The van der Waals surface area contributed by atoms with Crippen molar-refractivity contribution in [2.75, 3.05) is 26.2 Å². The summed E-state index contributed by atoms with van der Waals surface area (Å²) in [6.07, 6.45) is 23.1. The van der Waals surface area contributed by atoms with Crippen LogP contribution in [0, 0.1) is 17.8 Å². The van der Waals surface area contributed by atoms with E-state index in [1.54, 1.807) is 20.8 Å². The van der Waals surface area contributed by atoms with Crippen LogP contribution in [0.2, 0.25) is 0 Å². The molecule has 0 spiro atoms. The molecule has 0 saturated heterocycles. The van der Waals surface area contributed by atoms with Gasteiger partial charge in [-0.3, -0.25) is 14.4 Å². The molecular weight excluding hydrogens is 494 g/mol. The zero-order valence-electron chi connectivity index (χ0n) is 25.8. The summed E-state index contributed by atoms with van der Waals surface area (Å²) in [5.74, 6) is -4.78. The maximum Gasteiger partial charge on any atom is 0.311 e. The second-order valence-electron chi connectivity index (χ2n) is 12.3. The molecule has 0 rings (SSSR count). The number of nitrogens with zero attached hydrogens (tertiary/aromatic N) is 1. The lowest BCUT2D eigenvalue weighted by Crippen LogP contribution is -2.57. The molecule has 0 aliphatic heterocycles. The second kappa shape index (κ2) is 23.1. The topological polar surface area (TPSA) is 112 Å². The largest absolute Gasteiger partial charge is 0.481 e. The first-order valence-corrected chi connectivity index (χ1v) is 16.1. The molecule has 0 aromatic heterocycles. The molecule has 39 heavy (non-hydrogen) atoms. The third-order valence-electron chi connectivity index (χ3n) is 8.23. The van der Waals surface area contributed by atoms with Crippen molar-refractivity contribution in [3.63, 3.8) is 0 Å². The fourth-order valence-corrected chi connectivity index (χ4v) is 5.82. The van der Waals surface area contributed by atoms with Gasteiger partial charge in [0.15, 0.2) is 0 Å². The minimum Gasteiger partial charge on any atom is -0.481 e. The van der Waals surface area contributed by atoms with Gasteiger partial charge in [0.05, 0.1) is 26.2 Å². The molecule has 0 radical (unpaired) electrons. The van der Waals surface area contributed by atoms with Gasteiger partial charge in [0.25, 0.3) is 0 Å². The van der Waals surface area contributed by atoms with Crippen LogP contribution in [0.1, 0.15) is 143 Å². The quantitative estimate of drug-likeness (QED) is 0.0665. The summed E-state index contributed by atoms with van der Waals surface area (Å²) in [4.78, 5) is 34.8.